The smallest absolute Gasteiger partial charge is 0.150 e. The zero-order valence-corrected chi connectivity index (χ0v) is 8.80. The van der Waals surface area contributed by atoms with Crippen molar-refractivity contribution in [2.75, 3.05) is 0 Å². The van der Waals surface area contributed by atoms with Gasteiger partial charge in [-0.15, -0.1) is 0 Å². The standard InChI is InChI=1S/C10H9BrO2/c1-7(13)4-9-5-10(11)3-2-8(9)6-12/h2-3,5-6H,4H2,1H3. The molecule has 0 heterocycles. The molecule has 3 heteroatoms. The average molecular weight is 241 g/mol. The molecule has 0 aliphatic carbocycles. The molecule has 0 N–H and O–H groups in total. The first-order valence-corrected chi connectivity index (χ1v) is 4.66. The lowest BCUT2D eigenvalue weighted by atomic mass is 10.0. The third-order valence-electron chi connectivity index (χ3n) is 1.67. The van der Waals surface area contributed by atoms with E-state index in [0.29, 0.717) is 12.0 Å². The number of Topliss-reactive ketones (excluding diaryl/α,β-unsaturated/α-hetero) is 1. The molecule has 0 bridgehead atoms. The average Bonchev–Trinajstić information content (AvgIpc) is 2.03. The van der Waals surface area contributed by atoms with Crippen LogP contribution in [0.1, 0.15) is 22.8 Å². The Kier molecular flexibility index (Phi) is 3.37. The second kappa shape index (κ2) is 4.33. The van der Waals surface area contributed by atoms with Crippen LogP contribution in [0.5, 0.6) is 0 Å². The Bertz CT molecular complexity index is 345. The molecular formula is C10H9BrO2. The molecule has 0 aliphatic rings. The summed E-state index contributed by atoms with van der Waals surface area (Å²) >= 11 is 3.29. The number of benzene rings is 1. The van der Waals surface area contributed by atoms with E-state index in [4.69, 9.17) is 0 Å². The fourth-order valence-electron chi connectivity index (χ4n) is 1.11. The fraction of sp³-hybridized carbons (Fsp3) is 0.200. The molecule has 68 valence electrons. The van der Waals surface area contributed by atoms with Crippen molar-refractivity contribution in [1.29, 1.82) is 0 Å². The van der Waals surface area contributed by atoms with Crippen molar-refractivity contribution in [3.8, 4) is 0 Å². The summed E-state index contributed by atoms with van der Waals surface area (Å²) in [5.41, 5.74) is 1.36. The molecule has 0 saturated carbocycles. The highest BCUT2D eigenvalue weighted by Gasteiger charge is 2.04. The summed E-state index contributed by atoms with van der Waals surface area (Å²) in [5, 5.41) is 0. The number of ketones is 1. The van der Waals surface area contributed by atoms with Gasteiger partial charge in [-0.2, -0.15) is 0 Å². The van der Waals surface area contributed by atoms with Crippen LogP contribution >= 0.6 is 15.9 Å². The number of carbonyl (C=O) groups is 2. The third kappa shape index (κ3) is 2.77. The molecule has 1 aromatic rings. The lowest BCUT2D eigenvalue weighted by Gasteiger charge is -2.02. The minimum atomic E-state index is 0.0567. The summed E-state index contributed by atoms with van der Waals surface area (Å²) < 4.78 is 0.884. The highest BCUT2D eigenvalue weighted by molar-refractivity contribution is 9.10. The van der Waals surface area contributed by atoms with Gasteiger partial charge in [0.2, 0.25) is 0 Å². The van der Waals surface area contributed by atoms with Crippen LogP contribution in [0, 0.1) is 0 Å². The maximum Gasteiger partial charge on any atom is 0.150 e. The number of aldehydes is 1. The minimum Gasteiger partial charge on any atom is -0.300 e. The Balaban J connectivity index is 3.07. The maximum absolute atomic E-state index is 10.9. The zero-order valence-electron chi connectivity index (χ0n) is 7.21. The minimum absolute atomic E-state index is 0.0567. The highest BCUT2D eigenvalue weighted by atomic mass is 79.9. The second-order valence-electron chi connectivity index (χ2n) is 2.84. The molecular weight excluding hydrogens is 232 g/mol. The van der Waals surface area contributed by atoms with Gasteiger partial charge in [-0.3, -0.25) is 9.59 Å². The SMILES string of the molecule is CC(=O)Cc1cc(Br)ccc1C=O. The maximum atomic E-state index is 10.9. The van der Waals surface area contributed by atoms with Crippen LogP contribution in [0.3, 0.4) is 0 Å². The molecule has 2 nitrogen and oxygen atoms in total. The predicted octanol–water partition coefficient (Wildman–Crippen LogP) is 2.39. The Morgan fingerprint density at radius 1 is 1.54 bits per heavy atom. The molecule has 0 atom stereocenters. The van der Waals surface area contributed by atoms with Gasteiger partial charge in [-0.1, -0.05) is 22.0 Å². The van der Waals surface area contributed by atoms with E-state index in [1.54, 1.807) is 18.2 Å². The molecule has 0 amide bonds. The van der Waals surface area contributed by atoms with Gasteiger partial charge in [0.15, 0.2) is 0 Å². The first-order valence-electron chi connectivity index (χ1n) is 3.86. The number of hydrogen-bond acceptors (Lipinski definition) is 2. The van der Waals surface area contributed by atoms with Gasteiger partial charge in [0.05, 0.1) is 0 Å². The molecule has 13 heavy (non-hydrogen) atoms. The van der Waals surface area contributed by atoms with Gasteiger partial charge in [0.25, 0.3) is 0 Å². The van der Waals surface area contributed by atoms with Crippen LogP contribution in [0.15, 0.2) is 22.7 Å². The van der Waals surface area contributed by atoms with E-state index in [9.17, 15) is 9.59 Å². The van der Waals surface area contributed by atoms with Crippen molar-refractivity contribution < 1.29 is 9.59 Å². The first kappa shape index (κ1) is 10.1. The number of rotatable bonds is 3. The van der Waals surface area contributed by atoms with E-state index >= 15 is 0 Å². The summed E-state index contributed by atoms with van der Waals surface area (Å²) in [4.78, 5) is 21.5. The largest absolute Gasteiger partial charge is 0.300 e. The fourth-order valence-corrected chi connectivity index (χ4v) is 1.52. The predicted molar refractivity (Wildman–Crippen MR) is 53.9 cm³/mol. The van der Waals surface area contributed by atoms with Crippen molar-refractivity contribution in [3.05, 3.63) is 33.8 Å². The summed E-state index contributed by atoms with van der Waals surface area (Å²) in [6, 6.07) is 5.29. The lowest BCUT2D eigenvalue weighted by molar-refractivity contribution is -0.116. The first-order chi connectivity index (χ1) is 6.13. The molecule has 1 aromatic carbocycles. The molecule has 0 aromatic heterocycles. The van der Waals surface area contributed by atoms with Crippen molar-refractivity contribution in [3.63, 3.8) is 0 Å². The van der Waals surface area contributed by atoms with Gasteiger partial charge >= 0.3 is 0 Å². The van der Waals surface area contributed by atoms with E-state index < -0.39 is 0 Å². The molecule has 0 spiro atoms. The van der Waals surface area contributed by atoms with Gasteiger partial charge in [-0.05, 0) is 24.6 Å². The van der Waals surface area contributed by atoms with Crippen molar-refractivity contribution in [2.24, 2.45) is 0 Å². The molecule has 0 aliphatic heterocycles. The van der Waals surface area contributed by atoms with Crippen LogP contribution in [0.4, 0.5) is 0 Å². The quantitative estimate of drug-likeness (QED) is 0.761. The molecule has 0 unspecified atom stereocenters. The van der Waals surface area contributed by atoms with E-state index in [1.165, 1.54) is 6.92 Å². The van der Waals surface area contributed by atoms with Crippen molar-refractivity contribution in [1.82, 2.24) is 0 Å². The summed E-state index contributed by atoms with van der Waals surface area (Å²) in [6.45, 7) is 1.51. The number of hydrogen-bond donors (Lipinski definition) is 0. The highest BCUT2D eigenvalue weighted by Crippen LogP contribution is 2.16. The van der Waals surface area contributed by atoms with Gasteiger partial charge in [0.1, 0.15) is 12.1 Å². The van der Waals surface area contributed by atoms with Crippen LogP contribution in [-0.4, -0.2) is 12.1 Å². The number of halogens is 1. The Morgan fingerprint density at radius 2 is 2.23 bits per heavy atom. The van der Waals surface area contributed by atoms with E-state index in [-0.39, 0.29) is 5.78 Å². The molecule has 0 radical (unpaired) electrons. The molecule has 1 rings (SSSR count). The summed E-state index contributed by atoms with van der Waals surface area (Å²) in [7, 11) is 0. The zero-order chi connectivity index (χ0) is 9.84. The van der Waals surface area contributed by atoms with Crippen LogP contribution in [0.2, 0.25) is 0 Å². The molecule has 0 saturated heterocycles. The summed E-state index contributed by atoms with van der Waals surface area (Å²) in [5.74, 6) is 0.0567. The van der Waals surface area contributed by atoms with Gasteiger partial charge in [-0.25, -0.2) is 0 Å². The van der Waals surface area contributed by atoms with Crippen LogP contribution in [0.25, 0.3) is 0 Å². The topological polar surface area (TPSA) is 34.1 Å². The van der Waals surface area contributed by atoms with Crippen LogP contribution < -0.4 is 0 Å². The normalized spacial score (nSPS) is 9.69. The van der Waals surface area contributed by atoms with E-state index in [2.05, 4.69) is 15.9 Å². The lowest BCUT2D eigenvalue weighted by Crippen LogP contribution is -2.00. The van der Waals surface area contributed by atoms with Gasteiger partial charge in [0, 0.05) is 16.5 Å². The number of carbonyl (C=O) groups excluding carboxylic acids is 2. The second-order valence-corrected chi connectivity index (χ2v) is 3.76. The van der Waals surface area contributed by atoms with E-state index in [0.717, 1.165) is 16.3 Å². The summed E-state index contributed by atoms with van der Waals surface area (Å²) in [6.07, 6.45) is 1.08. The van der Waals surface area contributed by atoms with Crippen molar-refractivity contribution >= 4 is 28.0 Å². The van der Waals surface area contributed by atoms with Gasteiger partial charge < -0.3 is 0 Å². The third-order valence-corrected chi connectivity index (χ3v) is 2.16. The van der Waals surface area contributed by atoms with Crippen molar-refractivity contribution in [2.45, 2.75) is 13.3 Å². The monoisotopic (exact) mass is 240 g/mol. The Morgan fingerprint density at radius 3 is 2.77 bits per heavy atom. The molecule has 0 fully saturated rings. The van der Waals surface area contributed by atoms with Crippen LogP contribution in [-0.2, 0) is 11.2 Å². The Labute approximate surface area is 85.1 Å². The van der Waals surface area contributed by atoms with E-state index in [1.807, 2.05) is 0 Å². The Hall–Kier alpha value is -0.960.